The topological polar surface area (TPSA) is 87.6 Å². The molecule has 1 amide bonds. The van der Waals surface area contributed by atoms with Gasteiger partial charge in [-0.25, -0.2) is 14.4 Å². The highest BCUT2D eigenvalue weighted by atomic mass is 19.1. The number of hydrogen-bond donors (Lipinski definition) is 2. The zero-order chi connectivity index (χ0) is 20.5. The summed E-state index contributed by atoms with van der Waals surface area (Å²) < 4.78 is 19.6. The van der Waals surface area contributed by atoms with Crippen molar-refractivity contribution in [3.63, 3.8) is 0 Å². The van der Waals surface area contributed by atoms with Gasteiger partial charge in [0.1, 0.15) is 11.9 Å². The van der Waals surface area contributed by atoms with Crippen molar-refractivity contribution in [1.29, 1.82) is 0 Å². The number of aliphatic hydroxyl groups excluding tert-OH is 1. The quantitative estimate of drug-likeness (QED) is 0.819. The number of ether oxygens (including phenoxy) is 1. The Bertz CT molecular complexity index is 873. The SMILES string of the molecule is C[C@@]1(NC(=O)c2cccc(F)c2)CC2(CCN(c3ncccn3)CC2)OC[C@H]1O. The predicted molar refractivity (Wildman–Crippen MR) is 105 cm³/mol. The average molecular weight is 400 g/mol. The molecule has 2 fully saturated rings. The lowest BCUT2D eigenvalue weighted by Crippen LogP contribution is -2.65. The summed E-state index contributed by atoms with van der Waals surface area (Å²) in [6.45, 7) is 3.43. The van der Waals surface area contributed by atoms with Gasteiger partial charge in [0.05, 0.1) is 17.7 Å². The first-order valence-electron chi connectivity index (χ1n) is 9.81. The third-order valence-electron chi connectivity index (χ3n) is 5.97. The molecule has 0 aliphatic carbocycles. The van der Waals surface area contributed by atoms with Crippen LogP contribution in [0.5, 0.6) is 0 Å². The Hall–Kier alpha value is -2.58. The number of piperidine rings is 1. The van der Waals surface area contributed by atoms with Gasteiger partial charge in [-0.1, -0.05) is 6.07 Å². The van der Waals surface area contributed by atoms with Crippen LogP contribution in [0, 0.1) is 5.82 Å². The molecule has 2 N–H and O–H groups in total. The van der Waals surface area contributed by atoms with Crippen molar-refractivity contribution < 1.29 is 19.0 Å². The van der Waals surface area contributed by atoms with Crippen molar-refractivity contribution in [2.24, 2.45) is 0 Å². The minimum atomic E-state index is -0.868. The summed E-state index contributed by atoms with van der Waals surface area (Å²) in [7, 11) is 0. The third kappa shape index (κ3) is 4.09. The molecule has 2 atom stereocenters. The average Bonchev–Trinajstić information content (AvgIpc) is 2.72. The Labute approximate surface area is 168 Å². The number of aliphatic hydroxyl groups is 1. The molecule has 154 valence electrons. The number of amides is 1. The van der Waals surface area contributed by atoms with Crippen LogP contribution >= 0.6 is 0 Å². The number of halogens is 1. The summed E-state index contributed by atoms with van der Waals surface area (Å²) in [5, 5.41) is 13.5. The molecule has 2 aromatic rings. The van der Waals surface area contributed by atoms with Crippen molar-refractivity contribution in [1.82, 2.24) is 15.3 Å². The van der Waals surface area contributed by atoms with Gasteiger partial charge in [-0.2, -0.15) is 0 Å². The molecule has 4 rings (SSSR count). The van der Waals surface area contributed by atoms with E-state index in [9.17, 15) is 14.3 Å². The van der Waals surface area contributed by atoms with Crippen LogP contribution in [0.1, 0.15) is 36.5 Å². The molecule has 3 heterocycles. The summed E-state index contributed by atoms with van der Waals surface area (Å²) >= 11 is 0. The molecule has 7 nitrogen and oxygen atoms in total. The van der Waals surface area contributed by atoms with Crippen LogP contribution in [-0.4, -0.2) is 57.9 Å². The fourth-order valence-electron chi connectivity index (χ4n) is 4.26. The monoisotopic (exact) mass is 400 g/mol. The standard InChI is InChI=1S/C21H25FN4O3/c1-20(25-18(28)15-4-2-5-16(22)12-15)14-21(29-13-17(20)27)6-10-26(11-7-21)19-23-8-3-9-24-19/h2-5,8-9,12,17,27H,6-7,10-11,13-14H2,1H3,(H,25,28)/t17-,20-/m1/s1. The van der Waals surface area contributed by atoms with Gasteiger partial charge in [0, 0.05) is 37.5 Å². The highest BCUT2D eigenvalue weighted by molar-refractivity contribution is 5.94. The molecule has 1 aromatic carbocycles. The summed E-state index contributed by atoms with van der Waals surface area (Å²) in [5.41, 5.74) is -1.07. The highest BCUT2D eigenvalue weighted by Gasteiger charge is 2.50. The molecular weight excluding hydrogens is 375 g/mol. The van der Waals surface area contributed by atoms with Gasteiger partial charge in [-0.05, 0) is 44.0 Å². The Kier molecular flexibility index (Phi) is 5.23. The Morgan fingerprint density at radius 2 is 2.00 bits per heavy atom. The van der Waals surface area contributed by atoms with Crippen molar-refractivity contribution >= 4 is 11.9 Å². The molecule has 8 heteroatoms. The number of carbonyl (C=O) groups excluding carboxylic acids is 1. The van der Waals surface area contributed by atoms with E-state index >= 15 is 0 Å². The first kappa shape index (κ1) is 19.7. The minimum Gasteiger partial charge on any atom is -0.388 e. The molecule has 2 aliphatic rings. The van der Waals surface area contributed by atoms with Gasteiger partial charge in [0.25, 0.3) is 5.91 Å². The first-order valence-corrected chi connectivity index (χ1v) is 9.81. The largest absolute Gasteiger partial charge is 0.388 e. The maximum Gasteiger partial charge on any atom is 0.251 e. The Balaban J connectivity index is 1.46. The molecule has 2 aliphatic heterocycles. The van der Waals surface area contributed by atoms with E-state index in [1.54, 1.807) is 24.5 Å². The van der Waals surface area contributed by atoms with Gasteiger partial charge < -0.3 is 20.1 Å². The molecule has 0 radical (unpaired) electrons. The lowest BCUT2D eigenvalue weighted by atomic mass is 9.74. The molecule has 0 bridgehead atoms. The van der Waals surface area contributed by atoms with Crippen LogP contribution in [0.3, 0.4) is 0 Å². The minimum absolute atomic E-state index is 0.141. The first-order chi connectivity index (χ1) is 13.9. The van der Waals surface area contributed by atoms with E-state index in [1.165, 1.54) is 18.2 Å². The number of carbonyl (C=O) groups is 1. The summed E-state index contributed by atoms with van der Waals surface area (Å²) in [5.74, 6) is -0.180. The van der Waals surface area contributed by atoms with Crippen LogP contribution in [0.4, 0.5) is 10.3 Å². The Morgan fingerprint density at radius 3 is 2.69 bits per heavy atom. The second-order valence-electron chi connectivity index (χ2n) is 8.10. The highest BCUT2D eigenvalue weighted by Crippen LogP contribution is 2.40. The molecular formula is C21H25FN4O3. The van der Waals surface area contributed by atoms with E-state index < -0.39 is 29.0 Å². The zero-order valence-electron chi connectivity index (χ0n) is 16.3. The number of hydrogen-bond acceptors (Lipinski definition) is 6. The molecule has 1 aromatic heterocycles. The number of anilines is 1. The van der Waals surface area contributed by atoms with Crippen LogP contribution in [0.2, 0.25) is 0 Å². The van der Waals surface area contributed by atoms with Gasteiger partial charge >= 0.3 is 0 Å². The second-order valence-corrected chi connectivity index (χ2v) is 8.10. The van der Waals surface area contributed by atoms with E-state index in [2.05, 4.69) is 20.2 Å². The van der Waals surface area contributed by atoms with E-state index in [4.69, 9.17) is 4.74 Å². The van der Waals surface area contributed by atoms with Crippen molar-refractivity contribution in [2.45, 2.75) is 43.4 Å². The Morgan fingerprint density at radius 1 is 1.28 bits per heavy atom. The van der Waals surface area contributed by atoms with Crippen molar-refractivity contribution in [3.05, 3.63) is 54.1 Å². The molecule has 2 saturated heterocycles. The van der Waals surface area contributed by atoms with Gasteiger partial charge in [-0.15, -0.1) is 0 Å². The second kappa shape index (κ2) is 7.68. The molecule has 1 spiro atoms. The third-order valence-corrected chi connectivity index (χ3v) is 5.97. The van der Waals surface area contributed by atoms with Crippen LogP contribution in [0.25, 0.3) is 0 Å². The number of aromatic nitrogens is 2. The summed E-state index contributed by atoms with van der Waals surface area (Å²) in [4.78, 5) is 23.4. The zero-order valence-corrected chi connectivity index (χ0v) is 16.3. The number of benzene rings is 1. The van der Waals surface area contributed by atoms with E-state index in [-0.39, 0.29) is 12.2 Å². The fraction of sp³-hybridized carbons (Fsp3) is 0.476. The van der Waals surface area contributed by atoms with Gasteiger partial charge in [0.2, 0.25) is 5.95 Å². The van der Waals surface area contributed by atoms with E-state index in [1.807, 2.05) is 6.92 Å². The fourth-order valence-corrected chi connectivity index (χ4v) is 4.26. The molecule has 0 unspecified atom stereocenters. The van der Waals surface area contributed by atoms with Gasteiger partial charge in [0.15, 0.2) is 0 Å². The lowest BCUT2D eigenvalue weighted by molar-refractivity contribution is -0.167. The number of nitrogens with one attached hydrogen (secondary N) is 1. The maximum atomic E-state index is 13.5. The molecule has 29 heavy (non-hydrogen) atoms. The summed E-state index contributed by atoms with van der Waals surface area (Å²) in [6.07, 6.45) is 4.55. The van der Waals surface area contributed by atoms with Crippen molar-refractivity contribution in [2.75, 3.05) is 24.6 Å². The predicted octanol–water partition coefficient (Wildman–Crippen LogP) is 1.92. The van der Waals surface area contributed by atoms with E-state index in [0.717, 1.165) is 25.9 Å². The van der Waals surface area contributed by atoms with Crippen molar-refractivity contribution in [3.8, 4) is 0 Å². The van der Waals surface area contributed by atoms with Crippen LogP contribution < -0.4 is 10.2 Å². The number of rotatable bonds is 3. The van der Waals surface area contributed by atoms with Gasteiger partial charge in [-0.3, -0.25) is 4.79 Å². The van der Waals surface area contributed by atoms with E-state index in [0.29, 0.717) is 12.4 Å². The molecule has 0 saturated carbocycles. The maximum absolute atomic E-state index is 13.5. The van der Waals surface area contributed by atoms with Crippen LogP contribution in [0.15, 0.2) is 42.7 Å². The van der Waals surface area contributed by atoms with Crippen LogP contribution in [-0.2, 0) is 4.74 Å². The summed E-state index contributed by atoms with van der Waals surface area (Å²) in [6, 6.07) is 7.32. The lowest BCUT2D eigenvalue weighted by Gasteiger charge is -2.52. The number of nitrogens with zero attached hydrogens (tertiary/aromatic N) is 3. The smallest absolute Gasteiger partial charge is 0.251 e. The normalized spacial score (nSPS) is 26.3.